The average molecular weight is 331 g/mol. The number of nitrogens with one attached hydrogen (secondary N) is 1. The molecule has 122 valence electrons. The fourth-order valence-corrected chi connectivity index (χ4v) is 3.51. The van der Waals surface area contributed by atoms with Crippen LogP contribution in [0.15, 0.2) is 24.3 Å². The third-order valence-corrected chi connectivity index (χ3v) is 4.83. The van der Waals surface area contributed by atoms with Crippen LogP contribution < -0.4 is 5.32 Å². The topological polar surface area (TPSA) is 55.4 Å². The van der Waals surface area contributed by atoms with E-state index in [1.807, 2.05) is 25.1 Å². The Morgan fingerprint density at radius 2 is 2.00 bits per heavy atom. The fraction of sp³-hybridized carbons (Fsp3) is 0.333. The van der Waals surface area contributed by atoms with Gasteiger partial charge in [-0.1, -0.05) is 29.8 Å². The van der Waals surface area contributed by atoms with Crippen LogP contribution in [0.1, 0.15) is 50.6 Å². The molecule has 1 aromatic carbocycles. The molecular formula is C18H21NO3S. The molecule has 0 aliphatic rings. The van der Waals surface area contributed by atoms with Crippen molar-refractivity contribution in [2.75, 3.05) is 11.9 Å². The van der Waals surface area contributed by atoms with Crippen molar-refractivity contribution in [1.82, 2.24) is 0 Å². The van der Waals surface area contributed by atoms with E-state index in [1.165, 1.54) is 23.8 Å². The van der Waals surface area contributed by atoms with Crippen LogP contribution in [0.25, 0.3) is 0 Å². The lowest BCUT2D eigenvalue weighted by Gasteiger charge is -2.08. The number of carbonyl (C=O) groups is 2. The van der Waals surface area contributed by atoms with Crippen molar-refractivity contribution in [3.8, 4) is 0 Å². The van der Waals surface area contributed by atoms with Gasteiger partial charge in [0.05, 0.1) is 17.0 Å². The van der Waals surface area contributed by atoms with Gasteiger partial charge in [0, 0.05) is 6.54 Å². The number of carbonyl (C=O) groups excluding carboxylic acids is 2. The van der Waals surface area contributed by atoms with Crippen molar-refractivity contribution in [3.63, 3.8) is 0 Å². The van der Waals surface area contributed by atoms with E-state index in [2.05, 4.69) is 11.4 Å². The average Bonchev–Trinajstić information content (AvgIpc) is 2.82. The second-order valence-electron chi connectivity index (χ2n) is 5.38. The first kappa shape index (κ1) is 17.2. The molecule has 0 unspecified atom stereocenters. The molecule has 2 rings (SSSR count). The number of ketones is 1. The zero-order valence-corrected chi connectivity index (χ0v) is 14.7. The van der Waals surface area contributed by atoms with Crippen LogP contribution in [-0.4, -0.2) is 18.4 Å². The number of anilines is 1. The van der Waals surface area contributed by atoms with E-state index in [0.29, 0.717) is 34.2 Å². The molecule has 23 heavy (non-hydrogen) atoms. The summed E-state index contributed by atoms with van der Waals surface area (Å²) in [6.07, 6.45) is 0. The van der Waals surface area contributed by atoms with Gasteiger partial charge < -0.3 is 10.1 Å². The summed E-state index contributed by atoms with van der Waals surface area (Å²) in [6.45, 7) is 8.00. The van der Waals surface area contributed by atoms with E-state index in [4.69, 9.17) is 4.74 Å². The van der Waals surface area contributed by atoms with Crippen LogP contribution in [0.3, 0.4) is 0 Å². The summed E-state index contributed by atoms with van der Waals surface area (Å²) in [7, 11) is 0. The second kappa shape index (κ2) is 7.42. The predicted octanol–water partition coefficient (Wildman–Crippen LogP) is 4.36. The summed E-state index contributed by atoms with van der Waals surface area (Å²) >= 11 is 1.31. The predicted molar refractivity (Wildman–Crippen MR) is 93.5 cm³/mol. The molecule has 1 heterocycles. The Hall–Kier alpha value is -2.14. The summed E-state index contributed by atoms with van der Waals surface area (Å²) in [4.78, 5) is 24.6. The van der Waals surface area contributed by atoms with Gasteiger partial charge in [-0.3, -0.25) is 4.79 Å². The Labute approximate surface area is 140 Å². The minimum atomic E-state index is -0.388. The summed E-state index contributed by atoms with van der Waals surface area (Å²) in [5, 5.41) is 3.97. The Kier molecular flexibility index (Phi) is 5.55. The van der Waals surface area contributed by atoms with Crippen LogP contribution >= 0.6 is 11.3 Å². The van der Waals surface area contributed by atoms with Crippen LogP contribution in [0.5, 0.6) is 0 Å². The smallest absolute Gasteiger partial charge is 0.341 e. The third-order valence-electron chi connectivity index (χ3n) is 3.48. The Bertz CT molecular complexity index is 734. The molecule has 1 N–H and O–H groups in total. The maximum absolute atomic E-state index is 12.2. The molecule has 0 bridgehead atoms. The van der Waals surface area contributed by atoms with Crippen LogP contribution in [0, 0.1) is 13.8 Å². The first-order chi connectivity index (χ1) is 10.9. The minimum Gasteiger partial charge on any atom is -0.462 e. The molecule has 0 amide bonds. The highest BCUT2D eigenvalue weighted by atomic mass is 32.1. The largest absolute Gasteiger partial charge is 0.462 e. The number of aryl methyl sites for hydroxylation is 1. The summed E-state index contributed by atoms with van der Waals surface area (Å²) in [6, 6.07) is 8.15. The first-order valence-electron chi connectivity index (χ1n) is 7.54. The van der Waals surface area contributed by atoms with Gasteiger partial charge in [-0.2, -0.15) is 0 Å². The monoisotopic (exact) mass is 331 g/mol. The fourth-order valence-electron chi connectivity index (χ4n) is 2.43. The van der Waals surface area contributed by atoms with E-state index >= 15 is 0 Å². The standard InChI is InChI=1S/C18H21NO3S/c1-5-22-18(21)15-12(3)16(13(4)20)23-17(15)19-10-14-8-6-7-11(2)9-14/h6-9,19H,5,10H2,1-4H3. The van der Waals surface area contributed by atoms with Gasteiger partial charge in [-0.15, -0.1) is 11.3 Å². The van der Waals surface area contributed by atoms with Crippen molar-refractivity contribution in [2.24, 2.45) is 0 Å². The highest BCUT2D eigenvalue weighted by molar-refractivity contribution is 7.18. The van der Waals surface area contributed by atoms with Gasteiger partial charge in [0.2, 0.25) is 0 Å². The van der Waals surface area contributed by atoms with Crippen molar-refractivity contribution >= 4 is 28.1 Å². The van der Waals surface area contributed by atoms with Gasteiger partial charge in [0.1, 0.15) is 5.00 Å². The number of ether oxygens (including phenoxy) is 1. The normalized spacial score (nSPS) is 10.4. The van der Waals surface area contributed by atoms with Gasteiger partial charge in [-0.05, 0) is 38.8 Å². The van der Waals surface area contributed by atoms with E-state index < -0.39 is 0 Å². The molecule has 0 saturated heterocycles. The van der Waals surface area contributed by atoms with Crippen molar-refractivity contribution in [3.05, 3.63) is 51.4 Å². The van der Waals surface area contributed by atoms with Crippen molar-refractivity contribution in [1.29, 1.82) is 0 Å². The number of hydrogen-bond donors (Lipinski definition) is 1. The number of hydrogen-bond acceptors (Lipinski definition) is 5. The first-order valence-corrected chi connectivity index (χ1v) is 8.36. The Balaban J connectivity index is 2.31. The SMILES string of the molecule is CCOC(=O)c1c(NCc2cccc(C)c2)sc(C(C)=O)c1C. The number of Topliss-reactive ketones (excluding diaryl/α,β-unsaturated/α-hetero) is 1. The van der Waals surface area contributed by atoms with Crippen molar-refractivity contribution in [2.45, 2.75) is 34.2 Å². The Morgan fingerprint density at radius 3 is 2.61 bits per heavy atom. The van der Waals surface area contributed by atoms with Crippen LogP contribution in [0.4, 0.5) is 5.00 Å². The lowest BCUT2D eigenvalue weighted by Crippen LogP contribution is -2.09. The molecule has 0 spiro atoms. The quantitative estimate of drug-likeness (QED) is 0.631. The number of rotatable bonds is 6. The molecule has 4 nitrogen and oxygen atoms in total. The summed E-state index contributed by atoms with van der Waals surface area (Å²) in [5.74, 6) is -0.429. The number of esters is 1. The van der Waals surface area contributed by atoms with Gasteiger partial charge in [-0.25, -0.2) is 4.79 Å². The molecule has 0 fully saturated rings. The molecule has 5 heteroatoms. The number of benzene rings is 1. The molecular weight excluding hydrogens is 310 g/mol. The molecule has 2 aromatic rings. The number of thiophene rings is 1. The lowest BCUT2D eigenvalue weighted by molar-refractivity contribution is 0.0527. The van der Waals surface area contributed by atoms with Crippen LogP contribution in [0.2, 0.25) is 0 Å². The molecule has 0 atom stereocenters. The molecule has 0 radical (unpaired) electrons. The lowest BCUT2D eigenvalue weighted by atomic mass is 10.1. The highest BCUT2D eigenvalue weighted by Gasteiger charge is 2.23. The Morgan fingerprint density at radius 1 is 1.26 bits per heavy atom. The highest BCUT2D eigenvalue weighted by Crippen LogP contribution is 2.34. The molecule has 1 aromatic heterocycles. The minimum absolute atomic E-state index is 0.0401. The molecule has 0 aliphatic heterocycles. The van der Waals surface area contributed by atoms with Crippen molar-refractivity contribution < 1.29 is 14.3 Å². The molecule has 0 aliphatic carbocycles. The van der Waals surface area contributed by atoms with E-state index in [0.717, 1.165) is 5.56 Å². The van der Waals surface area contributed by atoms with E-state index in [9.17, 15) is 9.59 Å². The van der Waals surface area contributed by atoms with E-state index in [-0.39, 0.29) is 11.8 Å². The van der Waals surface area contributed by atoms with E-state index in [1.54, 1.807) is 13.8 Å². The van der Waals surface area contributed by atoms with Crippen LogP contribution in [-0.2, 0) is 11.3 Å². The molecule has 0 saturated carbocycles. The maximum Gasteiger partial charge on any atom is 0.341 e. The second-order valence-corrected chi connectivity index (χ2v) is 6.40. The van der Waals surface area contributed by atoms with Gasteiger partial charge in [0.25, 0.3) is 0 Å². The summed E-state index contributed by atoms with van der Waals surface area (Å²) < 4.78 is 5.13. The zero-order chi connectivity index (χ0) is 17.0. The summed E-state index contributed by atoms with van der Waals surface area (Å²) in [5.41, 5.74) is 3.46. The zero-order valence-electron chi connectivity index (χ0n) is 13.9. The third kappa shape index (κ3) is 3.99. The van der Waals surface area contributed by atoms with Gasteiger partial charge >= 0.3 is 5.97 Å². The van der Waals surface area contributed by atoms with Gasteiger partial charge in [0.15, 0.2) is 5.78 Å². The maximum atomic E-state index is 12.2.